The second-order valence-corrected chi connectivity index (χ2v) is 34.9. The Morgan fingerprint density at radius 2 is 0.858 bits per heavy atom. The third kappa shape index (κ3) is 18.1. The van der Waals surface area contributed by atoms with Crippen LogP contribution in [-0.2, 0) is 60.5 Å². The van der Waals surface area contributed by atoms with Gasteiger partial charge in [-0.05, 0) is 233 Å². The van der Waals surface area contributed by atoms with Crippen LogP contribution in [0.15, 0.2) is 140 Å². The van der Waals surface area contributed by atoms with Crippen LogP contribution in [0.1, 0.15) is 139 Å². The fourth-order valence-corrected chi connectivity index (χ4v) is 17.6. The number of carboxylic acid groups (broad SMARTS) is 1. The molecule has 0 spiro atoms. The lowest BCUT2D eigenvalue weighted by Gasteiger charge is -2.29. The van der Waals surface area contributed by atoms with Crippen molar-refractivity contribution in [1.29, 1.82) is 0 Å². The van der Waals surface area contributed by atoms with Crippen LogP contribution < -0.4 is 20.9 Å². The predicted octanol–water partition coefficient (Wildman–Crippen LogP) is 21.6. The molecule has 4 aromatic heterocycles. The number of carbonyl (C=O) groups excluding carboxylic acids is 4. The smallest absolute Gasteiger partial charge is 0.339 e. The number of nitrogens with one attached hydrogen (secondary N) is 1. The number of hydrogen-bond acceptors (Lipinski definition) is 19. The van der Waals surface area contributed by atoms with E-state index in [0.29, 0.717) is 45.0 Å². The molecule has 19 nitrogen and oxygen atoms in total. The highest BCUT2D eigenvalue weighted by molar-refractivity contribution is 7.23. The third-order valence-electron chi connectivity index (χ3n) is 18.8. The van der Waals surface area contributed by atoms with Gasteiger partial charge in [0.05, 0.1) is 84.9 Å². The zero-order chi connectivity index (χ0) is 81.6. The van der Waals surface area contributed by atoms with E-state index in [0.717, 1.165) is 146 Å². The number of thiazole rings is 3. The number of nitrogens with zero attached hydrogens (tertiary/aromatic N) is 6. The average molecular weight is 1640 g/mol. The molecule has 3 atom stereocenters. The molecule has 0 saturated heterocycles. The van der Waals surface area contributed by atoms with Crippen LogP contribution in [0.2, 0.25) is 15.1 Å². The predicted molar refractivity (Wildman–Crippen MR) is 458 cm³/mol. The van der Waals surface area contributed by atoms with Crippen molar-refractivity contribution in [2.45, 2.75) is 145 Å². The molecule has 2 amide bonds. The molecular formula is C88H89Cl3N8O11S3. The number of carbonyl (C=O) groups is 5. The van der Waals surface area contributed by atoms with Gasteiger partial charge in [0.25, 0.3) is 0 Å². The first-order valence-corrected chi connectivity index (χ1v) is 40.4. The number of likely N-dealkylation sites (N-methyl/N-ethyl adjacent to an activating group) is 2. The first kappa shape index (κ1) is 82.7. The first-order chi connectivity index (χ1) is 53.4. The topological polar surface area (TPSA) is 248 Å². The number of esters is 2. The lowest BCUT2D eigenvalue weighted by Crippen LogP contribution is -2.29. The largest absolute Gasteiger partial charge is 0.479 e. The van der Waals surface area contributed by atoms with Gasteiger partial charge >= 0.3 is 17.9 Å². The minimum atomic E-state index is -1.18. The maximum atomic E-state index is 13.3. The van der Waals surface area contributed by atoms with Gasteiger partial charge in [-0.25, -0.2) is 34.3 Å². The van der Waals surface area contributed by atoms with Crippen LogP contribution in [0.5, 0.6) is 0 Å². The second kappa shape index (κ2) is 33.4. The van der Waals surface area contributed by atoms with Gasteiger partial charge in [0.2, 0.25) is 11.8 Å². The van der Waals surface area contributed by atoms with E-state index in [4.69, 9.17) is 79.2 Å². The lowest BCUT2D eigenvalue weighted by atomic mass is 9.91. The van der Waals surface area contributed by atoms with Crippen LogP contribution >= 0.6 is 68.8 Å². The van der Waals surface area contributed by atoms with E-state index in [2.05, 4.69) is 10.3 Å². The van der Waals surface area contributed by atoms with Crippen LogP contribution in [0.25, 0.3) is 95.7 Å². The van der Waals surface area contributed by atoms with Gasteiger partial charge in [0.1, 0.15) is 20.8 Å². The van der Waals surface area contributed by atoms with Gasteiger partial charge < -0.3 is 44.7 Å². The Kier molecular flexibility index (Phi) is 24.4. The van der Waals surface area contributed by atoms with E-state index in [1.54, 1.807) is 78.7 Å². The number of aliphatic carboxylic acids is 1. The van der Waals surface area contributed by atoms with Gasteiger partial charge in [0.15, 0.2) is 18.3 Å². The van der Waals surface area contributed by atoms with Crippen molar-refractivity contribution >= 4 is 152 Å². The van der Waals surface area contributed by atoms with Crippen molar-refractivity contribution in [2.24, 2.45) is 0 Å². The number of ether oxygens (including phenoxy) is 5. The summed E-state index contributed by atoms with van der Waals surface area (Å²) in [6.45, 7) is 27.0. The molecule has 0 aliphatic carbocycles. The zero-order valence-corrected chi connectivity index (χ0v) is 70.7. The quantitative estimate of drug-likeness (QED) is 0.0534. The minimum Gasteiger partial charge on any atom is -0.479 e. The van der Waals surface area contributed by atoms with Crippen LogP contribution in [-0.4, -0.2) is 106 Å². The van der Waals surface area contributed by atoms with Gasteiger partial charge in [0, 0.05) is 104 Å². The van der Waals surface area contributed by atoms with Gasteiger partial charge in [-0.1, -0.05) is 71.2 Å². The molecule has 0 unspecified atom stereocenters. The molecule has 0 bridgehead atoms. The Labute approximate surface area is 684 Å². The van der Waals surface area contributed by atoms with Crippen molar-refractivity contribution in [2.75, 3.05) is 55.2 Å². The maximum Gasteiger partial charge on any atom is 0.339 e. The molecule has 12 aromatic rings. The monoisotopic (exact) mass is 1630 g/mol. The van der Waals surface area contributed by atoms with Crippen molar-refractivity contribution in [1.82, 2.24) is 19.9 Å². The molecule has 14 rings (SSSR count). The Hall–Kier alpha value is -9.72. The van der Waals surface area contributed by atoms with Gasteiger partial charge in [-0.3, -0.25) is 14.5 Å². The zero-order valence-electron chi connectivity index (χ0n) is 66.0. The van der Waals surface area contributed by atoms with E-state index < -0.39 is 53.0 Å². The Morgan fingerprint density at radius 1 is 0.504 bits per heavy atom. The first-order valence-electron chi connectivity index (χ1n) is 36.8. The maximum absolute atomic E-state index is 13.3. The Balaban J connectivity index is 0.000000157. The van der Waals surface area contributed by atoms with Crippen molar-refractivity contribution in [3.05, 3.63) is 199 Å². The molecule has 0 radical (unpaired) electrons. The number of aryl methyl sites for hydroxylation is 3. The normalized spacial score (nSPS) is 13.7. The fraction of sp³-hybridized carbons (Fsp3) is 0.307. The lowest BCUT2D eigenvalue weighted by molar-refractivity contribution is -0.167. The number of amides is 2. The summed E-state index contributed by atoms with van der Waals surface area (Å²) >= 11 is 23.2. The SMILES string of the molecule is CCOC(=O)[C@@H](OC(C)(C)C)c1c(C)cc2nc(-c3ccc(NC)c(N)c3)sc2c1-c1ccc(Cl)cc1.CCOC(=O)[C@@H](OC(C)(C)C)c1c(C)cc2nc(-c3ccc4c(c3)CC(=O)N4C)sc2c1-c1ccc(Cl)cc1.Cc1cc2nc(-c3cnc4c(c3)CC(=O)N4C)sc2c(-c2ccc(Cl)cc2)c1[C@H](OC(C)(C)C)C(=O)O. The highest BCUT2D eigenvalue weighted by atomic mass is 35.5. The molecule has 2 aliphatic rings. The number of pyridine rings is 1. The minimum absolute atomic E-state index is 0.00722. The number of aromatic nitrogens is 4. The van der Waals surface area contributed by atoms with E-state index in [-0.39, 0.29) is 25.0 Å². The summed E-state index contributed by atoms with van der Waals surface area (Å²) in [6.07, 6.45) is -0.595. The molecule has 0 fully saturated rings. The number of halogens is 3. The van der Waals surface area contributed by atoms with Crippen molar-refractivity contribution in [3.63, 3.8) is 0 Å². The summed E-state index contributed by atoms with van der Waals surface area (Å²) in [5, 5.41) is 17.6. The highest BCUT2D eigenvalue weighted by Crippen LogP contribution is 2.50. The average Bonchev–Trinajstić information content (AvgIpc) is 1.74. The number of rotatable bonds is 18. The van der Waals surface area contributed by atoms with E-state index >= 15 is 0 Å². The Morgan fingerprint density at radius 3 is 1.25 bits per heavy atom. The molecule has 113 heavy (non-hydrogen) atoms. The number of nitrogen functional groups attached to an aromatic ring is 1. The fourth-order valence-electron chi connectivity index (χ4n) is 13.9. The molecule has 586 valence electrons. The number of benzene rings is 8. The number of carboxylic acids is 1. The van der Waals surface area contributed by atoms with E-state index in [1.165, 1.54) is 11.3 Å². The van der Waals surface area contributed by atoms with Gasteiger partial charge in [-0.15, -0.1) is 34.0 Å². The summed E-state index contributed by atoms with van der Waals surface area (Å²) in [6, 6.07) is 42.3. The van der Waals surface area contributed by atoms with Crippen LogP contribution in [0.4, 0.5) is 22.9 Å². The molecule has 2 aliphatic heterocycles. The molecule has 25 heteroatoms. The molecule has 4 N–H and O–H groups in total. The summed E-state index contributed by atoms with van der Waals surface area (Å²) in [4.78, 5) is 86.1. The second-order valence-electron chi connectivity index (χ2n) is 30.6. The number of fused-ring (bicyclic) bond motifs is 5. The molecule has 8 aromatic carbocycles. The standard InChI is InChI=1S/C31H31ClN2O4S.C29H32ClN3O3S.C28H26ClN3O4S/c1-7-37-30(36)27(38-31(3,4)5)25-17(2)14-22-28(26(25)18-8-11-21(32)12-9-18)39-29(33-22)19-10-13-23-20(15-19)16-24(35)34(23)6;1-7-35-28(34)25(36-29(3,4)5)23-16(2)14-22-26(24(23)17-8-11-19(30)12-9-17)37-27(33-22)18-10-13-21(32-6)20(31)15-18;1-14-10-19-24(37-26(31-19)17-11-16-12-20(33)32(5)25(16)30-13-17)22(15-6-8-18(29)9-7-15)21(14)23(27(34)35)36-28(2,3)4/h8-15,27H,7,16H2,1-6H3;8-15,25,32H,7,31H2,1-6H3;6-11,13,23H,12H2,1-5H3,(H,34,35)/t27-;25-;23-/m000/s1. The number of hydrogen-bond donors (Lipinski definition) is 3. The summed E-state index contributed by atoms with van der Waals surface area (Å²) in [5.74, 6) is -1.15. The highest BCUT2D eigenvalue weighted by Gasteiger charge is 2.38. The third-order valence-corrected chi connectivity index (χ3v) is 23.0. The van der Waals surface area contributed by atoms with Gasteiger partial charge in [-0.2, -0.15) is 0 Å². The molecule has 0 saturated carbocycles. The van der Waals surface area contributed by atoms with Crippen LogP contribution in [0, 0.1) is 20.8 Å². The molecular weight excluding hydrogens is 1550 g/mol. The number of nitrogens with two attached hydrogens (primary N) is 1. The van der Waals surface area contributed by atoms with Crippen molar-refractivity contribution in [3.8, 4) is 65.1 Å². The van der Waals surface area contributed by atoms with Crippen molar-refractivity contribution < 1.29 is 52.8 Å². The summed E-state index contributed by atoms with van der Waals surface area (Å²) < 4.78 is 32.5. The summed E-state index contributed by atoms with van der Waals surface area (Å²) in [5.41, 5.74) is 23.6. The molecule has 6 heterocycles. The Bertz CT molecular complexity index is 5690. The van der Waals surface area contributed by atoms with E-state index in [1.807, 2.05) is 211 Å². The summed E-state index contributed by atoms with van der Waals surface area (Å²) in [7, 11) is 5.36. The van der Waals surface area contributed by atoms with E-state index in [9.17, 15) is 29.1 Å². The number of anilines is 4. The van der Waals surface area contributed by atoms with Crippen LogP contribution in [0.3, 0.4) is 0 Å².